The summed E-state index contributed by atoms with van der Waals surface area (Å²) in [6, 6.07) is 7.32. The lowest BCUT2D eigenvalue weighted by Crippen LogP contribution is -2.27. The maximum absolute atomic E-state index is 12.1. The minimum atomic E-state index is -0.145. The number of rotatable bonds is 8. The lowest BCUT2D eigenvalue weighted by atomic mass is 10.1. The van der Waals surface area contributed by atoms with Gasteiger partial charge in [0.25, 0.3) is 5.56 Å². The van der Waals surface area contributed by atoms with Gasteiger partial charge >= 0.3 is 0 Å². The summed E-state index contributed by atoms with van der Waals surface area (Å²) in [5.41, 5.74) is 1.23. The zero-order chi connectivity index (χ0) is 17.5. The quantitative estimate of drug-likeness (QED) is 0.720. The van der Waals surface area contributed by atoms with Gasteiger partial charge in [-0.15, -0.1) is 0 Å². The maximum atomic E-state index is 12.1. The van der Waals surface area contributed by atoms with Crippen LogP contribution >= 0.6 is 0 Å². The van der Waals surface area contributed by atoms with E-state index in [4.69, 9.17) is 4.74 Å². The molecule has 1 aromatic heterocycles. The Kier molecular flexibility index (Phi) is 6.37. The maximum Gasteiger partial charge on any atom is 0.251 e. The molecule has 0 unspecified atom stereocenters. The van der Waals surface area contributed by atoms with Crippen molar-refractivity contribution in [2.24, 2.45) is 0 Å². The normalized spacial score (nSPS) is 11.0. The fourth-order valence-electron chi connectivity index (χ4n) is 2.50. The third kappa shape index (κ3) is 5.09. The van der Waals surface area contributed by atoms with E-state index in [-0.39, 0.29) is 11.5 Å². The molecule has 2 aromatic rings. The van der Waals surface area contributed by atoms with Gasteiger partial charge < -0.3 is 19.9 Å². The van der Waals surface area contributed by atoms with Crippen molar-refractivity contribution in [1.82, 2.24) is 15.2 Å². The molecule has 130 valence electrons. The molecule has 0 bridgehead atoms. The second kappa shape index (κ2) is 8.49. The van der Waals surface area contributed by atoms with Gasteiger partial charge in [-0.2, -0.15) is 0 Å². The van der Waals surface area contributed by atoms with Crippen LogP contribution in [0.25, 0.3) is 10.9 Å². The van der Waals surface area contributed by atoms with Crippen molar-refractivity contribution in [2.45, 2.75) is 19.3 Å². The number of hydrogen-bond donors (Lipinski definition) is 2. The molecule has 1 heterocycles. The molecular weight excluding hydrogens is 306 g/mol. The Morgan fingerprint density at radius 2 is 2.08 bits per heavy atom. The average molecular weight is 331 g/mol. The highest BCUT2D eigenvalue weighted by Gasteiger charge is 2.07. The van der Waals surface area contributed by atoms with E-state index >= 15 is 0 Å². The van der Waals surface area contributed by atoms with Crippen molar-refractivity contribution < 1.29 is 9.53 Å². The lowest BCUT2D eigenvalue weighted by molar-refractivity contribution is -0.121. The van der Waals surface area contributed by atoms with Gasteiger partial charge in [0.2, 0.25) is 5.91 Å². The Bertz CT molecular complexity index is 753. The number of ether oxygens (including phenoxy) is 1. The topological polar surface area (TPSA) is 74.4 Å². The molecule has 0 atom stereocenters. The first-order chi connectivity index (χ1) is 11.5. The number of H-pyrrole nitrogens is 1. The van der Waals surface area contributed by atoms with Gasteiger partial charge in [0, 0.05) is 29.4 Å². The number of nitrogens with zero attached hydrogens (tertiary/aromatic N) is 1. The van der Waals surface area contributed by atoms with E-state index in [0.717, 1.165) is 29.6 Å². The van der Waals surface area contributed by atoms with Gasteiger partial charge in [0.1, 0.15) is 5.75 Å². The third-order valence-corrected chi connectivity index (χ3v) is 3.85. The highest BCUT2D eigenvalue weighted by molar-refractivity contribution is 5.81. The number of aromatic nitrogens is 1. The lowest BCUT2D eigenvalue weighted by Gasteiger charge is -2.10. The summed E-state index contributed by atoms with van der Waals surface area (Å²) in [6.45, 7) is 1.59. The molecule has 0 saturated carbocycles. The smallest absolute Gasteiger partial charge is 0.251 e. The number of benzene rings is 1. The number of nitrogens with one attached hydrogen (secondary N) is 2. The summed E-state index contributed by atoms with van der Waals surface area (Å²) in [5.74, 6) is 0.707. The molecule has 0 aliphatic heterocycles. The van der Waals surface area contributed by atoms with Crippen LogP contribution in [0.3, 0.4) is 0 Å². The predicted molar refractivity (Wildman–Crippen MR) is 95.6 cm³/mol. The molecule has 6 nitrogen and oxygen atoms in total. The number of amides is 1. The van der Waals surface area contributed by atoms with Crippen LogP contribution in [0.15, 0.2) is 29.1 Å². The Balaban J connectivity index is 1.95. The largest absolute Gasteiger partial charge is 0.497 e. The first-order valence-corrected chi connectivity index (χ1v) is 8.11. The molecule has 0 aliphatic carbocycles. The highest BCUT2D eigenvalue weighted by Crippen LogP contribution is 2.19. The van der Waals surface area contributed by atoms with Gasteiger partial charge in [-0.1, -0.05) is 0 Å². The number of fused-ring (bicyclic) bond motifs is 1. The summed E-state index contributed by atoms with van der Waals surface area (Å²) in [7, 11) is 5.61. The number of carbonyl (C=O) groups is 1. The Morgan fingerprint density at radius 3 is 2.79 bits per heavy atom. The van der Waals surface area contributed by atoms with Gasteiger partial charge in [-0.25, -0.2) is 0 Å². The molecule has 0 fully saturated rings. The van der Waals surface area contributed by atoms with Crippen molar-refractivity contribution in [3.63, 3.8) is 0 Å². The average Bonchev–Trinajstić information content (AvgIpc) is 2.56. The van der Waals surface area contributed by atoms with E-state index in [1.807, 2.05) is 32.3 Å². The second-order valence-electron chi connectivity index (χ2n) is 6.08. The van der Waals surface area contributed by atoms with Gasteiger partial charge in [0.05, 0.1) is 7.11 Å². The highest BCUT2D eigenvalue weighted by atomic mass is 16.5. The van der Waals surface area contributed by atoms with Crippen LogP contribution in [0.1, 0.15) is 18.4 Å². The summed E-state index contributed by atoms with van der Waals surface area (Å²) >= 11 is 0. The van der Waals surface area contributed by atoms with Crippen LogP contribution in [0.2, 0.25) is 0 Å². The number of aryl methyl sites for hydroxylation is 1. The van der Waals surface area contributed by atoms with Crippen LogP contribution in [-0.4, -0.2) is 50.1 Å². The van der Waals surface area contributed by atoms with Crippen molar-refractivity contribution >= 4 is 16.8 Å². The predicted octanol–water partition coefficient (Wildman–Crippen LogP) is 1.54. The number of hydrogen-bond acceptors (Lipinski definition) is 4. The molecule has 1 aromatic carbocycles. The molecule has 0 aliphatic rings. The van der Waals surface area contributed by atoms with Crippen LogP contribution < -0.4 is 15.6 Å². The minimum Gasteiger partial charge on any atom is -0.497 e. The second-order valence-corrected chi connectivity index (χ2v) is 6.08. The molecule has 0 radical (unpaired) electrons. The molecule has 2 N–H and O–H groups in total. The number of pyridine rings is 1. The first kappa shape index (κ1) is 18.0. The van der Waals surface area contributed by atoms with Gasteiger partial charge in [-0.05, 0) is 57.7 Å². The van der Waals surface area contributed by atoms with Gasteiger partial charge in [-0.3, -0.25) is 9.59 Å². The zero-order valence-corrected chi connectivity index (χ0v) is 14.5. The molecule has 1 amide bonds. The Hall–Kier alpha value is -2.34. The molecule has 0 saturated heterocycles. The van der Waals surface area contributed by atoms with Crippen molar-refractivity contribution in [3.05, 3.63) is 40.2 Å². The Labute approximate surface area is 141 Å². The van der Waals surface area contributed by atoms with Crippen molar-refractivity contribution in [3.8, 4) is 5.75 Å². The van der Waals surface area contributed by atoms with E-state index in [2.05, 4.69) is 15.2 Å². The summed E-state index contributed by atoms with van der Waals surface area (Å²) in [4.78, 5) is 28.9. The third-order valence-electron chi connectivity index (χ3n) is 3.85. The summed E-state index contributed by atoms with van der Waals surface area (Å²) in [6.07, 6.45) is 1.64. The molecule has 0 spiro atoms. The van der Waals surface area contributed by atoms with E-state index in [1.165, 1.54) is 0 Å². The SMILES string of the molecule is COc1ccc2[nH]c(=O)c(CCC(=O)NCCCN(C)C)cc2c1. The van der Waals surface area contributed by atoms with Crippen molar-refractivity contribution in [1.29, 1.82) is 0 Å². The van der Waals surface area contributed by atoms with Crippen LogP contribution in [-0.2, 0) is 11.2 Å². The summed E-state index contributed by atoms with van der Waals surface area (Å²) < 4.78 is 5.20. The minimum absolute atomic E-state index is 0.0288. The zero-order valence-electron chi connectivity index (χ0n) is 14.5. The van der Waals surface area contributed by atoms with Crippen molar-refractivity contribution in [2.75, 3.05) is 34.3 Å². The van der Waals surface area contributed by atoms with E-state index in [1.54, 1.807) is 13.2 Å². The fourth-order valence-corrected chi connectivity index (χ4v) is 2.50. The van der Waals surface area contributed by atoms with Gasteiger partial charge in [0.15, 0.2) is 0 Å². The molecule has 6 heteroatoms. The fraction of sp³-hybridized carbons (Fsp3) is 0.444. The number of aromatic amines is 1. The molecular formula is C18H25N3O3. The van der Waals surface area contributed by atoms with Crippen LogP contribution in [0, 0.1) is 0 Å². The monoisotopic (exact) mass is 331 g/mol. The van der Waals surface area contributed by atoms with Crippen LogP contribution in [0.5, 0.6) is 5.75 Å². The number of carbonyl (C=O) groups excluding carboxylic acids is 1. The molecule has 2 rings (SSSR count). The summed E-state index contributed by atoms with van der Waals surface area (Å²) in [5, 5.41) is 3.78. The van der Waals surface area contributed by atoms with E-state index in [0.29, 0.717) is 24.9 Å². The standard InChI is InChI=1S/C18H25N3O3/c1-21(2)10-4-9-19-17(22)8-5-13-11-14-12-15(24-3)6-7-16(14)20-18(13)23/h6-7,11-12H,4-5,8-10H2,1-3H3,(H,19,22)(H,20,23). The first-order valence-electron chi connectivity index (χ1n) is 8.11. The van der Waals surface area contributed by atoms with E-state index < -0.39 is 0 Å². The molecule has 24 heavy (non-hydrogen) atoms. The Morgan fingerprint density at radius 1 is 1.29 bits per heavy atom. The van der Waals surface area contributed by atoms with E-state index in [9.17, 15) is 9.59 Å². The van der Waals surface area contributed by atoms with Crippen LogP contribution in [0.4, 0.5) is 0 Å². The number of methoxy groups -OCH3 is 1.